The van der Waals surface area contributed by atoms with Crippen LogP contribution in [-0.2, 0) is 35.5 Å². The van der Waals surface area contributed by atoms with Crippen LogP contribution < -0.4 is 10.6 Å². The molecule has 3 aromatic heterocycles. The molecule has 0 aliphatic heterocycles. The molecule has 0 bridgehead atoms. The predicted molar refractivity (Wildman–Crippen MR) is 147 cm³/mol. The third kappa shape index (κ3) is 6.42. The van der Waals surface area contributed by atoms with Crippen LogP contribution in [0.2, 0.25) is 0 Å². The lowest BCUT2D eigenvalue weighted by Crippen LogP contribution is -2.25. The lowest BCUT2D eigenvalue weighted by molar-refractivity contribution is -0.115. The summed E-state index contributed by atoms with van der Waals surface area (Å²) in [7, 11) is 0. The number of hydrogen-bond donors (Lipinski definition) is 2. The van der Waals surface area contributed by atoms with Gasteiger partial charge in [0, 0.05) is 11.4 Å². The first-order valence-corrected chi connectivity index (χ1v) is 15.0. The average Bonchev–Trinajstić information content (AvgIpc) is 3.66. The van der Waals surface area contributed by atoms with E-state index in [1.54, 1.807) is 13.0 Å². The molecule has 0 spiro atoms. The summed E-state index contributed by atoms with van der Waals surface area (Å²) in [5, 5.41) is 17.1. The van der Waals surface area contributed by atoms with Crippen LogP contribution in [0.4, 0.5) is 5.00 Å². The van der Waals surface area contributed by atoms with Gasteiger partial charge in [0.05, 0.1) is 28.8 Å². The van der Waals surface area contributed by atoms with Crippen molar-refractivity contribution in [3.63, 3.8) is 0 Å². The Hall–Kier alpha value is -2.70. The number of anilines is 1. The molecule has 0 saturated heterocycles. The molecule has 1 aliphatic rings. The number of thiophene rings is 2. The molecule has 12 heteroatoms. The van der Waals surface area contributed by atoms with Gasteiger partial charge in [-0.15, -0.1) is 32.9 Å². The Balaban J connectivity index is 1.45. The van der Waals surface area contributed by atoms with Gasteiger partial charge < -0.3 is 19.9 Å². The second-order valence-corrected chi connectivity index (χ2v) is 12.0. The Labute approximate surface area is 228 Å². The van der Waals surface area contributed by atoms with Crippen molar-refractivity contribution in [2.45, 2.75) is 76.4 Å². The molecule has 2 amide bonds. The van der Waals surface area contributed by atoms with Gasteiger partial charge in [-0.3, -0.25) is 9.59 Å². The van der Waals surface area contributed by atoms with Crippen molar-refractivity contribution in [2.24, 2.45) is 0 Å². The Morgan fingerprint density at radius 3 is 2.81 bits per heavy atom. The summed E-state index contributed by atoms with van der Waals surface area (Å²) in [4.78, 5) is 40.0. The van der Waals surface area contributed by atoms with Gasteiger partial charge in [0.25, 0.3) is 5.91 Å². The van der Waals surface area contributed by atoms with Crippen LogP contribution in [0.15, 0.2) is 22.7 Å². The molecule has 37 heavy (non-hydrogen) atoms. The number of nitrogens with zero attached hydrogens (tertiary/aromatic N) is 3. The fraction of sp³-hybridized carbons (Fsp3) is 0.480. The van der Waals surface area contributed by atoms with Crippen molar-refractivity contribution >= 4 is 57.2 Å². The predicted octanol–water partition coefficient (Wildman–Crippen LogP) is 4.92. The fourth-order valence-corrected chi connectivity index (χ4v) is 6.88. The average molecular weight is 562 g/mol. The maximum atomic E-state index is 13.2. The highest BCUT2D eigenvalue weighted by atomic mass is 32.2. The standard InChI is InChI=1S/C25H31N5O4S3/c1-4-6-12-30-19(14-26-22(32)18-11-8-13-35-18)28-29-25(30)36-15(3)21(31)27-23-20(24(33)34-5-2)16-9-7-10-17(16)37-23/h8,11,13,15H,4-7,9-10,12,14H2,1-3H3,(H,26,32)(H,27,31)/t15-/m1/s1. The smallest absolute Gasteiger partial charge is 0.341 e. The molecule has 0 fully saturated rings. The minimum Gasteiger partial charge on any atom is -0.462 e. The molecule has 3 heterocycles. The Morgan fingerprint density at radius 1 is 1.24 bits per heavy atom. The third-order valence-electron chi connectivity index (χ3n) is 5.97. The van der Waals surface area contributed by atoms with E-state index < -0.39 is 5.25 Å². The molecule has 198 valence electrons. The molecule has 0 saturated carbocycles. The topological polar surface area (TPSA) is 115 Å². The van der Waals surface area contributed by atoms with Gasteiger partial charge in [-0.2, -0.15) is 0 Å². The lowest BCUT2D eigenvalue weighted by Gasteiger charge is -2.14. The van der Waals surface area contributed by atoms with Crippen LogP contribution in [0.25, 0.3) is 0 Å². The number of thioether (sulfide) groups is 1. The highest BCUT2D eigenvalue weighted by Gasteiger charge is 2.29. The maximum Gasteiger partial charge on any atom is 0.341 e. The first-order chi connectivity index (χ1) is 17.9. The number of hydrogen-bond acceptors (Lipinski definition) is 9. The van der Waals surface area contributed by atoms with Gasteiger partial charge in [0.15, 0.2) is 11.0 Å². The first kappa shape index (κ1) is 27.3. The zero-order valence-corrected chi connectivity index (χ0v) is 23.6. The van der Waals surface area contributed by atoms with Crippen molar-refractivity contribution in [2.75, 3.05) is 11.9 Å². The highest BCUT2D eigenvalue weighted by Crippen LogP contribution is 2.40. The minimum atomic E-state index is -0.481. The second-order valence-electron chi connectivity index (χ2n) is 8.60. The van der Waals surface area contributed by atoms with Crippen LogP contribution in [-0.4, -0.2) is 44.4 Å². The van der Waals surface area contributed by atoms with Crippen molar-refractivity contribution < 1.29 is 19.1 Å². The summed E-state index contributed by atoms with van der Waals surface area (Å²) in [6, 6.07) is 3.61. The Kier molecular flexibility index (Phi) is 9.38. The van der Waals surface area contributed by atoms with E-state index >= 15 is 0 Å². The Morgan fingerprint density at radius 2 is 2.08 bits per heavy atom. The van der Waals surface area contributed by atoms with Gasteiger partial charge in [-0.1, -0.05) is 31.2 Å². The molecule has 2 N–H and O–H groups in total. The van der Waals surface area contributed by atoms with E-state index in [1.807, 2.05) is 22.9 Å². The zero-order chi connectivity index (χ0) is 26.4. The van der Waals surface area contributed by atoms with E-state index in [1.165, 1.54) is 34.4 Å². The zero-order valence-electron chi connectivity index (χ0n) is 21.2. The number of esters is 1. The number of nitrogens with one attached hydrogen (secondary N) is 2. The van der Waals surface area contributed by atoms with Crippen LogP contribution in [0.3, 0.4) is 0 Å². The minimum absolute atomic E-state index is 0.151. The number of aromatic nitrogens is 3. The summed E-state index contributed by atoms with van der Waals surface area (Å²) < 4.78 is 7.24. The third-order valence-corrected chi connectivity index (χ3v) is 9.13. The van der Waals surface area contributed by atoms with E-state index in [0.29, 0.717) is 33.0 Å². The monoisotopic (exact) mass is 561 g/mol. The number of ether oxygens (including phenoxy) is 1. The maximum absolute atomic E-state index is 13.2. The highest BCUT2D eigenvalue weighted by molar-refractivity contribution is 8.00. The Bertz CT molecular complexity index is 1250. The molecule has 3 aromatic rings. The van der Waals surface area contributed by atoms with Gasteiger partial charge in [0.2, 0.25) is 5.91 Å². The molecule has 0 radical (unpaired) electrons. The number of amides is 2. The number of carbonyl (C=O) groups is 3. The number of rotatable bonds is 12. The molecular weight excluding hydrogens is 531 g/mol. The van der Waals surface area contributed by atoms with Crippen LogP contribution >= 0.6 is 34.4 Å². The second kappa shape index (κ2) is 12.7. The molecule has 4 rings (SSSR count). The number of carbonyl (C=O) groups excluding carboxylic acids is 3. The van der Waals surface area contributed by atoms with Crippen molar-refractivity contribution in [3.8, 4) is 0 Å². The molecular formula is C25H31N5O4S3. The van der Waals surface area contributed by atoms with E-state index in [-0.39, 0.29) is 30.9 Å². The first-order valence-electron chi connectivity index (χ1n) is 12.5. The van der Waals surface area contributed by atoms with Gasteiger partial charge in [-0.05, 0) is 56.5 Å². The molecule has 1 aliphatic carbocycles. The molecule has 0 unspecified atom stereocenters. The summed E-state index contributed by atoms with van der Waals surface area (Å²) >= 11 is 4.16. The van der Waals surface area contributed by atoms with E-state index in [9.17, 15) is 14.4 Å². The fourth-order valence-electron chi connectivity index (χ4n) is 4.07. The van der Waals surface area contributed by atoms with Crippen molar-refractivity contribution in [1.29, 1.82) is 0 Å². The van der Waals surface area contributed by atoms with E-state index in [4.69, 9.17) is 4.74 Å². The summed E-state index contributed by atoms with van der Waals surface area (Å²) in [5.74, 6) is -0.103. The summed E-state index contributed by atoms with van der Waals surface area (Å²) in [6.45, 7) is 6.91. The van der Waals surface area contributed by atoms with Crippen molar-refractivity contribution in [3.05, 3.63) is 44.2 Å². The van der Waals surface area contributed by atoms with Gasteiger partial charge in [0.1, 0.15) is 5.00 Å². The normalized spacial score (nSPS) is 13.3. The van der Waals surface area contributed by atoms with E-state index in [0.717, 1.165) is 42.5 Å². The number of unbranched alkanes of at least 4 members (excludes halogenated alkanes) is 1. The van der Waals surface area contributed by atoms with Crippen LogP contribution in [0.5, 0.6) is 0 Å². The summed E-state index contributed by atoms with van der Waals surface area (Å²) in [5.41, 5.74) is 1.51. The quantitative estimate of drug-likeness (QED) is 0.238. The number of fused-ring (bicyclic) bond motifs is 1. The largest absolute Gasteiger partial charge is 0.462 e. The van der Waals surface area contributed by atoms with Crippen LogP contribution in [0.1, 0.15) is 76.3 Å². The molecule has 0 aromatic carbocycles. The lowest BCUT2D eigenvalue weighted by atomic mass is 10.1. The summed E-state index contributed by atoms with van der Waals surface area (Å²) in [6.07, 6.45) is 4.66. The van der Waals surface area contributed by atoms with Gasteiger partial charge >= 0.3 is 5.97 Å². The van der Waals surface area contributed by atoms with E-state index in [2.05, 4.69) is 27.8 Å². The number of aryl methyl sites for hydroxylation is 1. The van der Waals surface area contributed by atoms with Crippen molar-refractivity contribution in [1.82, 2.24) is 20.1 Å². The van der Waals surface area contributed by atoms with Crippen LogP contribution in [0, 0.1) is 0 Å². The molecule has 9 nitrogen and oxygen atoms in total. The SMILES string of the molecule is CCCCn1c(CNC(=O)c2cccs2)nnc1S[C@H](C)C(=O)Nc1sc2c(c1C(=O)OCC)CCC2. The van der Waals surface area contributed by atoms with Gasteiger partial charge in [-0.25, -0.2) is 4.79 Å². The molecule has 1 atom stereocenters.